The zero-order valence-corrected chi connectivity index (χ0v) is 21.5. The highest BCUT2D eigenvalue weighted by molar-refractivity contribution is 6.31. The first kappa shape index (κ1) is 27.6. The highest BCUT2D eigenvalue weighted by Gasteiger charge is 2.37. The van der Waals surface area contributed by atoms with Crippen molar-refractivity contribution < 1.29 is 22.4 Å². The lowest BCUT2D eigenvalue weighted by Crippen LogP contribution is -2.47. The molecule has 2 aromatic rings. The van der Waals surface area contributed by atoms with Gasteiger partial charge in [0.2, 0.25) is 5.91 Å². The summed E-state index contributed by atoms with van der Waals surface area (Å²) in [6, 6.07) is 5.67. The van der Waals surface area contributed by atoms with Gasteiger partial charge in [-0.05, 0) is 89.0 Å². The molecule has 3 heterocycles. The van der Waals surface area contributed by atoms with Crippen LogP contribution in [0.5, 0.6) is 0 Å². The second kappa shape index (κ2) is 11.5. The number of hydrogen-bond acceptors (Lipinski definition) is 5. The van der Waals surface area contributed by atoms with E-state index in [1.54, 1.807) is 9.80 Å². The van der Waals surface area contributed by atoms with Crippen LogP contribution in [0.4, 0.5) is 29.1 Å². The lowest BCUT2D eigenvalue weighted by atomic mass is 10.1. The molecule has 37 heavy (non-hydrogen) atoms. The van der Waals surface area contributed by atoms with Gasteiger partial charge in [-0.15, -0.1) is 0 Å². The third kappa shape index (κ3) is 6.72. The Morgan fingerprint density at radius 2 is 1.89 bits per heavy atom. The number of aryl methyl sites for hydroxylation is 1. The molecule has 0 unspecified atom stereocenters. The van der Waals surface area contributed by atoms with Crippen molar-refractivity contribution in [3.63, 3.8) is 0 Å². The van der Waals surface area contributed by atoms with Gasteiger partial charge in [0.25, 0.3) is 0 Å². The predicted octanol–water partition coefficient (Wildman–Crippen LogP) is 5.02. The van der Waals surface area contributed by atoms with E-state index >= 15 is 0 Å². The first-order valence-corrected chi connectivity index (χ1v) is 13.0. The molecular weight excluding hydrogens is 510 g/mol. The van der Waals surface area contributed by atoms with Gasteiger partial charge in [0, 0.05) is 30.5 Å². The third-order valence-electron chi connectivity index (χ3n) is 7.07. The van der Waals surface area contributed by atoms with Crippen molar-refractivity contribution in [1.82, 2.24) is 9.88 Å². The van der Waals surface area contributed by atoms with Crippen LogP contribution in [-0.4, -0.2) is 60.6 Å². The maximum atomic E-state index is 13.9. The van der Waals surface area contributed by atoms with Crippen LogP contribution in [-0.2, 0) is 11.0 Å². The standard InChI is InChI=1S/C26H32ClF4N5O/c1-17-14-18(26(29,30)31)15-24(33-17)36-10-2-4-23(36)25(37)35(20-5-6-22(28)21(27)16-20)11-3-9-34-12-7-19(32)8-13-34/h5-6,14-16,19,23H,2-4,7-13,32H2,1H3/t23-/m0/s1. The van der Waals surface area contributed by atoms with Gasteiger partial charge >= 0.3 is 6.18 Å². The van der Waals surface area contributed by atoms with Crippen LogP contribution in [0.25, 0.3) is 0 Å². The van der Waals surface area contributed by atoms with Crippen molar-refractivity contribution >= 4 is 29.0 Å². The maximum absolute atomic E-state index is 13.9. The number of pyridine rings is 1. The highest BCUT2D eigenvalue weighted by atomic mass is 35.5. The van der Waals surface area contributed by atoms with Gasteiger partial charge in [0.05, 0.1) is 10.6 Å². The number of anilines is 2. The number of aromatic nitrogens is 1. The van der Waals surface area contributed by atoms with Crippen LogP contribution in [0.1, 0.15) is 43.4 Å². The Kier molecular flexibility index (Phi) is 8.60. The van der Waals surface area contributed by atoms with E-state index in [0.29, 0.717) is 38.0 Å². The van der Waals surface area contributed by atoms with Crippen molar-refractivity contribution in [2.45, 2.75) is 57.3 Å². The quantitative estimate of drug-likeness (QED) is 0.499. The second-order valence-electron chi connectivity index (χ2n) is 9.83. The molecule has 0 spiro atoms. The van der Waals surface area contributed by atoms with Gasteiger partial charge in [0.15, 0.2) is 0 Å². The molecule has 202 valence electrons. The van der Waals surface area contributed by atoms with Gasteiger partial charge < -0.3 is 20.4 Å². The Hall–Kier alpha value is -2.43. The largest absolute Gasteiger partial charge is 0.416 e. The second-order valence-corrected chi connectivity index (χ2v) is 10.2. The van der Waals surface area contributed by atoms with Crippen LogP contribution in [0.15, 0.2) is 30.3 Å². The van der Waals surface area contributed by atoms with Crippen LogP contribution in [0.2, 0.25) is 5.02 Å². The number of carbonyl (C=O) groups is 1. The molecule has 2 saturated heterocycles. The average molecular weight is 542 g/mol. The van der Waals surface area contributed by atoms with Crippen molar-refractivity contribution in [2.75, 3.05) is 42.5 Å². The van der Waals surface area contributed by atoms with Crippen LogP contribution < -0.4 is 15.5 Å². The van der Waals surface area contributed by atoms with Gasteiger partial charge in [-0.25, -0.2) is 9.37 Å². The van der Waals surface area contributed by atoms with Gasteiger partial charge in [-0.1, -0.05) is 11.6 Å². The summed E-state index contributed by atoms with van der Waals surface area (Å²) in [4.78, 5) is 23.7. The zero-order chi connectivity index (χ0) is 26.7. The SMILES string of the molecule is Cc1cc(C(F)(F)F)cc(N2CCC[C@H]2C(=O)N(CCCN2CCC(N)CC2)c2ccc(F)c(Cl)c2)n1. The summed E-state index contributed by atoms with van der Waals surface area (Å²) in [6.45, 7) is 4.85. The van der Waals surface area contributed by atoms with Crippen molar-refractivity contribution in [3.8, 4) is 0 Å². The van der Waals surface area contributed by atoms with E-state index in [2.05, 4.69) is 9.88 Å². The number of likely N-dealkylation sites (tertiary alicyclic amines) is 1. The van der Waals surface area contributed by atoms with E-state index in [4.69, 9.17) is 17.3 Å². The molecule has 0 saturated carbocycles. The minimum atomic E-state index is -4.52. The molecule has 0 bridgehead atoms. The van der Waals surface area contributed by atoms with Crippen LogP contribution >= 0.6 is 11.6 Å². The molecule has 1 atom stereocenters. The summed E-state index contributed by atoms with van der Waals surface area (Å²) >= 11 is 6.03. The number of piperidine rings is 1. The monoisotopic (exact) mass is 541 g/mol. The minimum Gasteiger partial charge on any atom is -0.345 e. The van der Waals surface area contributed by atoms with Crippen LogP contribution in [0.3, 0.4) is 0 Å². The molecule has 1 amide bonds. The molecule has 2 aliphatic rings. The first-order valence-electron chi connectivity index (χ1n) is 12.6. The van der Waals surface area contributed by atoms with E-state index < -0.39 is 23.6 Å². The summed E-state index contributed by atoms with van der Waals surface area (Å²) in [5.74, 6) is -0.726. The molecule has 2 fully saturated rings. The van der Waals surface area contributed by atoms with Crippen molar-refractivity contribution in [1.29, 1.82) is 0 Å². The van der Waals surface area contributed by atoms with Crippen molar-refractivity contribution in [3.05, 3.63) is 52.4 Å². The Morgan fingerprint density at radius 1 is 1.16 bits per heavy atom. The number of alkyl halides is 3. The summed E-state index contributed by atoms with van der Waals surface area (Å²) in [5, 5.41) is -0.0984. The summed E-state index contributed by atoms with van der Waals surface area (Å²) in [7, 11) is 0. The van der Waals surface area contributed by atoms with E-state index in [1.165, 1.54) is 25.1 Å². The number of nitrogens with two attached hydrogens (primary N) is 1. The molecule has 0 radical (unpaired) electrons. The normalized spacial score (nSPS) is 19.4. The Balaban J connectivity index is 1.56. The molecule has 11 heteroatoms. The fraction of sp³-hybridized carbons (Fsp3) is 0.538. The number of hydrogen-bond donors (Lipinski definition) is 1. The number of rotatable bonds is 7. The molecule has 6 nitrogen and oxygen atoms in total. The lowest BCUT2D eigenvalue weighted by molar-refractivity contribution is -0.137. The average Bonchev–Trinajstić information content (AvgIpc) is 3.34. The van der Waals surface area contributed by atoms with Crippen LogP contribution in [0, 0.1) is 12.7 Å². The number of carbonyl (C=O) groups excluding carboxylic acids is 1. The summed E-state index contributed by atoms with van der Waals surface area (Å²) in [5.41, 5.74) is 5.88. The maximum Gasteiger partial charge on any atom is 0.416 e. The third-order valence-corrected chi connectivity index (χ3v) is 7.36. The van der Waals surface area contributed by atoms with E-state index in [9.17, 15) is 22.4 Å². The topological polar surface area (TPSA) is 65.7 Å². The number of benzene rings is 1. The predicted molar refractivity (Wildman–Crippen MR) is 136 cm³/mol. The molecule has 1 aromatic carbocycles. The number of amides is 1. The first-order chi connectivity index (χ1) is 17.5. The molecule has 0 aliphatic carbocycles. The number of nitrogens with zero attached hydrogens (tertiary/aromatic N) is 4. The summed E-state index contributed by atoms with van der Waals surface area (Å²) in [6.07, 6.45) is -0.876. The minimum absolute atomic E-state index is 0.0984. The van der Waals surface area contributed by atoms with Gasteiger partial charge in [-0.2, -0.15) is 13.2 Å². The Morgan fingerprint density at radius 3 is 2.57 bits per heavy atom. The summed E-state index contributed by atoms with van der Waals surface area (Å²) < 4.78 is 54.2. The Bertz CT molecular complexity index is 1110. The molecule has 2 N–H and O–H groups in total. The van der Waals surface area contributed by atoms with Gasteiger partial charge in [-0.3, -0.25) is 4.79 Å². The van der Waals surface area contributed by atoms with E-state index in [0.717, 1.165) is 44.6 Å². The fourth-order valence-electron chi connectivity index (χ4n) is 5.09. The zero-order valence-electron chi connectivity index (χ0n) is 20.8. The van der Waals surface area contributed by atoms with Crippen molar-refractivity contribution in [2.24, 2.45) is 5.73 Å². The molecular formula is C26H32ClF4N5O. The lowest BCUT2D eigenvalue weighted by Gasteiger charge is -2.33. The van der Waals surface area contributed by atoms with E-state index in [-0.39, 0.29) is 28.5 Å². The Labute approximate surface area is 219 Å². The fourth-order valence-corrected chi connectivity index (χ4v) is 5.26. The van der Waals surface area contributed by atoms with Gasteiger partial charge in [0.1, 0.15) is 17.7 Å². The van der Waals surface area contributed by atoms with E-state index in [1.807, 2.05) is 0 Å². The highest BCUT2D eigenvalue weighted by Crippen LogP contribution is 2.34. The smallest absolute Gasteiger partial charge is 0.345 e. The number of halogens is 5. The molecule has 1 aromatic heterocycles. The molecule has 2 aliphatic heterocycles. The molecule has 4 rings (SSSR count).